The minimum Gasteiger partial charge on any atom is -0.367 e. The molecule has 0 aromatic carbocycles. The molecular weight excluding hydrogens is 250 g/mol. The Hall–Kier alpha value is -1.65. The van der Waals surface area contributed by atoms with Crippen LogP contribution >= 0.6 is 0 Å². The maximum atomic E-state index is 4.47. The zero-order chi connectivity index (χ0) is 14.1. The van der Waals surface area contributed by atoms with Crippen molar-refractivity contribution in [2.75, 3.05) is 5.32 Å². The largest absolute Gasteiger partial charge is 0.367 e. The zero-order valence-electron chi connectivity index (χ0n) is 12.6. The van der Waals surface area contributed by atoms with Gasteiger partial charge in [-0.1, -0.05) is 26.2 Å². The molecule has 2 aromatic rings. The van der Waals surface area contributed by atoms with Crippen molar-refractivity contribution >= 4 is 11.6 Å². The molecule has 1 saturated carbocycles. The minimum absolute atomic E-state index is 0.543. The summed E-state index contributed by atoms with van der Waals surface area (Å²) >= 11 is 0. The highest BCUT2D eigenvalue weighted by Crippen LogP contribution is 2.29. The van der Waals surface area contributed by atoms with Crippen LogP contribution in [0.4, 0.5) is 5.82 Å². The molecule has 1 N–H and O–H groups in total. The molecule has 0 spiro atoms. The molecule has 2 atom stereocenters. The number of fused-ring (bicyclic) bond motifs is 1. The van der Waals surface area contributed by atoms with Gasteiger partial charge in [0.1, 0.15) is 12.1 Å². The molecule has 1 aliphatic rings. The van der Waals surface area contributed by atoms with Crippen LogP contribution in [0.25, 0.3) is 5.78 Å². The predicted octanol–water partition coefficient (Wildman–Crippen LogP) is 3.12. The van der Waals surface area contributed by atoms with Crippen molar-refractivity contribution in [3.8, 4) is 0 Å². The molecule has 0 amide bonds. The van der Waals surface area contributed by atoms with E-state index in [1.807, 2.05) is 11.4 Å². The van der Waals surface area contributed by atoms with E-state index in [0.29, 0.717) is 11.8 Å². The molecule has 5 heteroatoms. The second kappa shape index (κ2) is 5.38. The fraction of sp³-hybridized carbons (Fsp3) is 0.667. The number of anilines is 1. The van der Waals surface area contributed by atoms with E-state index in [1.54, 1.807) is 6.33 Å². The van der Waals surface area contributed by atoms with Gasteiger partial charge in [-0.3, -0.25) is 0 Å². The highest BCUT2D eigenvalue weighted by molar-refractivity contribution is 5.52. The van der Waals surface area contributed by atoms with E-state index in [1.165, 1.54) is 37.7 Å². The van der Waals surface area contributed by atoms with E-state index < -0.39 is 0 Å². The molecule has 3 rings (SSSR count). The van der Waals surface area contributed by atoms with E-state index >= 15 is 0 Å². The number of nitrogens with zero attached hydrogens (tertiary/aromatic N) is 4. The van der Waals surface area contributed by atoms with Gasteiger partial charge in [-0.2, -0.15) is 14.6 Å². The molecule has 2 heterocycles. The molecule has 0 saturated heterocycles. The molecule has 108 valence electrons. The highest BCUT2D eigenvalue weighted by atomic mass is 15.4. The van der Waals surface area contributed by atoms with Gasteiger partial charge in [0, 0.05) is 17.3 Å². The maximum Gasteiger partial charge on any atom is 0.254 e. The first-order valence-corrected chi connectivity index (χ1v) is 7.62. The van der Waals surface area contributed by atoms with E-state index in [-0.39, 0.29) is 0 Å². The summed E-state index contributed by atoms with van der Waals surface area (Å²) in [6, 6.07) is 0.543. The Morgan fingerprint density at radius 2 is 2.20 bits per heavy atom. The van der Waals surface area contributed by atoms with Crippen molar-refractivity contribution in [1.29, 1.82) is 0 Å². The lowest BCUT2D eigenvalue weighted by molar-refractivity contribution is 0.326. The van der Waals surface area contributed by atoms with Crippen LogP contribution in [0.5, 0.6) is 0 Å². The summed E-state index contributed by atoms with van der Waals surface area (Å²) in [7, 11) is 0. The van der Waals surface area contributed by atoms with Crippen molar-refractivity contribution in [1.82, 2.24) is 19.6 Å². The van der Waals surface area contributed by atoms with Crippen LogP contribution in [0.15, 0.2) is 6.33 Å². The third-order valence-electron chi connectivity index (χ3n) is 4.61. The molecule has 5 nitrogen and oxygen atoms in total. The van der Waals surface area contributed by atoms with E-state index in [0.717, 1.165) is 17.4 Å². The van der Waals surface area contributed by atoms with Gasteiger partial charge >= 0.3 is 0 Å². The van der Waals surface area contributed by atoms with Crippen LogP contribution in [0.3, 0.4) is 0 Å². The van der Waals surface area contributed by atoms with Gasteiger partial charge in [0.25, 0.3) is 5.78 Å². The fourth-order valence-corrected chi connectivity index (χ4v) is 3.19. The average molecular weight is 273 g/mol. The van der Waals surface area contributed by atoms with Crippen LogP contribution in [0.1, 0.15) is 50.3 Å². The van der Waals surface area contributed by atoms with Crippen molar-refractivity contribution in [2.45, 2.75) is 58.9 Å². The Kier molecular flexibility index (Phi) is 3.59. The van der Waals surface area contributed by atoms with Crippen LogP contribution < -0.4 is 5.32 Å². The summed E-state index contributed by atoms with van der Waals surface area (Å²) in [5.74, 6) is 2.60. The molecule has 2 unspecified atom stereocenters. The van der Waals surface area contributed by atoms with Gasteiger partial charge in [0.2, 0.25) is 0 Å². The monoisotopic (exact) mass is 273 g/mol. The summed E-state index contributed by atoms with van der Waals surface area (Å²) in [6.07, 6.45) is 8.05. The summed E-state index contributed by atoms with van der Waals surface area (Å²) in [4.78, 5) is 8.68. The first kappa shape index (κ1) is 13.3. The summed E-state index contributed by atoms with van der Waals surface area (Å²) in [5, 5.41) is 8.01. The Balaban J connectivity index is 1.90. The lowest BCUT2D eigenvalue weighted by Gasteiger charge is -2.30. The number of nitrogens with one attached hydrogen (secondary N) is 1. The Morgan fingerprint density at radius 1 is 1.35 bits per heavy atom. The normalized spacial score (nSPS) is 23.1. The third kappa shape index (κ3) is 2.37. The first-order valence-electron chi connectivity index (χ1n) is 7.62. The highest BCUT2D eigenvalue weighted by Gasteiger charge is 2.22. The van der Waals surface area contributed by atoms with Crippen molar-refractivity contribution in [2.24, 2.45) is 5.92 Å². The zero-order valence-corrected chi connectivity index (χ0v) is 12.6. The summed E-state index contributed by atoms with van der Waals surface area (Å²) in [6.45, 7) is 6.43. The Morgan fingerprint density at radius 3 is 3.00 bits per heavy atom. The van der Waals surface area contributed by atoms with Gasteiger partial charge in [0.15, 0.2) is 0 Å². The van der Waals surface area contributed by atoms with E-state index in [4.69, 9.17) is 0 Å². The SMILES string of the molecule is CCC1CCCC(Nc2c(C)c(C)nc3ncnn23)C1. The smallest absolute Gasteiger partial charge is 0.254 e. The topological polar surface area (TPSA) is 55.1 Å². The molecule has 2 aromatic heterocycles. The lowest BCUT2D eigenvalue weighted by Crippen LogP contribution is -2.28. The van der Waals surface area contributed by atoms with Gasteiger partial charge in [-0.15, -0.1) is 0 Å². The van der Waals surface area contributed by atoms with E-state index in [2.05, 4.69) is 34.2 Å². The van der Waals surface area contributed by atoms with Gasteiger partial charge < -0.3 is 5.32 Å². The second-order valence-electron chi connectivity index (χ2n) is 5.92. The molecule has 1 aliphatic carbocycles. The maximum absolute atomic E-state index is 4.47. The lowest BCUT2D eigenvalue weighted by atomic mass is 9.84. The predicted molar refractivity (Wildman–Crippen MR) is 79.9 cm³/mol. The number of hydrogen-bond acceptors (Lipinski definition) is 4. The molecule has 0 bridgehead atoms. The standard InChI is InChI=1S/C15H23N5/c1-4-12-6-5-7-13(8-12)19-14-10(2)11(3)18-15-16-9-17-20(14)15/h9,12-13,19H,4-8H2,1-3H3. The Bertz CT molecular complexity index is 604. The van der Waals surface area contributed by atoms with Crippen molar-refractivity contribution < 1.29 is 0 Å². The number of rotatable bonds is 3. The third-order valence-corrected chi connectivity index (χ3v) is 4.61. The van der Waals surface area contributed by atoms with Crippen molar-refractivity contribution in [3.63, 3.8) is 0 Å². The molecule has 1 fully saturated rings. The fourth-order valence-electron chi connectivity index (χ4n) is 3.19. The molecule has 0 radical (unpaired) electrons. The minimum atomic E-state index is 0.543. The van der Waals surface area contributed by atoms with Crippen LogP contribution in [-0.4, -0.2) is 25.6 Å². The second-order valence-corrected chi connectivity index (χ2v) is 5.92. The quantitative estimate of drug-likeness (QED) is 0.933. The number of aromatic nitrogens is 4. The molecule has 0 aliphatic heterocycles. The van der Waals surface area contributed by atoms with Crippen molar-refractivity contribution in [3.05, 3.63) is 17.6 Å². The summed E-state index contributed by atoms with van der Waals surface area (Å²) in [5.41, 5.74) is 2.19. The van der Waals surface area contributed by atoms with Crippen LogP contribution in [0.2, 0.25) is 0 Å². The molecule has 20 heavy (non-hydrogen) atoms. The van der Waals surface area contributed by atoms with Gasteiger partial charge in [0.05, 0.1) is 0 Å². The first-order chi connectivity index (χ1) is 9.69. The number of hydrogen-bond donors (Lipinski definition) is 1. The van der Waals surface area contributed by atoms with Crippen LogP contribution in [0, 0.1) is 19.8 Å². The number of aryl methyl sites for hydroxylation is 1. The van der Waals surface area contributed by atoms with Crippen LogP contribution in [-0.2, 0) is 0 Å². The van der Waals surface area contributed by atoms with E-state index in [9.17, 15) is 0 Å². The molecular formula is C15H23N5. The summed E-state index contributed by atoms with van der Waals surface area (Å²) < 4.78 is 1.83. The van der Waals surface area contributed by atoms with Gasteiger partial charge in [-0.05, 0) is 32.6 Å². The Labute approximate surface area is 119 Å². The van der Waals surface area contributed by atoms with Gasteiger partial charge in [-0.25, -0.2) is 4.98 Å². The average Bonchev–Trinajstić information content (AvgIpc) is 2.92.